The van der Waals surface area contributed by atoms with Crippen LogP contribution in [0, 0.1) is 6.92 Å². The Morgan fingerprint density at radius 1 is 1.64 bits per heavy atom. The van der Waals surface area contributed by atoms with Gasteiger partial charge in [-0.2, -0.15) is 0 Å². The minimum absolute atomic E-state index is 0.116. The third-order valence-electron chi connectivity index (χ3n) is 1.70. The van der Waals surface area contributed by atoms with Gasteiger partial charge in [0.1, 0.15) is 0 Å². The van der Waals surface area contributed by atoms with Crippen LogP contribution in [-0.4, -0.2) is 22.8 Å². The maximum atomic E-state index is 11.2. The summed E-state index contributed by atoms with van der Waals surface area (Å²) in [5, 5.41) is 14.7. The first-order valence-electron chi connectivity index (χ1n) is 4.56. The SMILES string of the molecule is Cc1cc(NC(=O)CCCCO)on1. The number of carbonyl (C=O) groups is 1. The molecule has 0 aliphatic rings. The Morgan fingerprint density at radius 2 is 2.43 bits per heavy atom. The van der Waals surface area contributed by atoms with Crippen LogP contribution in [0.2, 0.25) is 0 Å². The molecule has 5 nitrogen and oxygen atoms in total. The summed E-state index contributed by atoms with van der Waals surface area (Å²) in [5.74, 6) is 0.256. The number of hydrogen-bond acceptors (Lipinski definition) is 4. The summed E-state index contributed by atoms with van der Waals surface area (Å²) in [6.07, 6.45) is 1.71. The lowest BCUT2D eigenvalue weighted by atomic mass is 10.2. The summed E-state index contributed by atoms with van der Waals surface area (Å²) in [7, 11) is 0. The number of nitrogens with zero attached hydrogens (tertiary/aromatic N) is 1. The lowest BCUT2D eigenvalue weighted by molar-refractivity contribution is -0.116. The first kappa shape index (κ1) is 10.7. The largest absolute Gasteiger partial charge is 0.396 e. The molecular weight excluding hydrogens is 184 g/mol. The van der Waals surface area contributed by atoms with Crippen molar-refractivity contribution >= 4 is 11.8 Å². The van der Waals surface area contributed by atoms with Gasteiger partial charge in [-0.05, 0) is 19.8 Å². The van der Waals surface area contributed by atoms with E-state index < -0.39 is 0 Å². The molecule has 0 atom stereocenters. The molecule has 0 bridgehead atoms. The van der Waals surface area contributed by atoms with Crippen LogP contribution in [0.1, 0.15) is 25.0 Å². The smallest absolute Gasteiger partial charge is 0.231 e. The van der Waals surface area contributed by atoms with Crippen molar-refractivity contribution in [2.24, 2.45) is 0 Å². The number of hydrogen-bond donors (Lipinski definition) is 2. The van der Waals surface area contributed by atoms with Crippen LogP contribution >= 0.6 is 0 Å². The highest BCUT2D eigenvalue weighted by atomic mass is 16.5. The summed E-state index contributed by atoms with van der Waals surface area (Å²) in [6, 6.07) is 1.66. The maximum Gasteiger partial charge on any atom is 0.231 e. The minimum Gasteiger partial charge on any atom is -0.396 e. The zero-order valence-electron chi connectivity index (χ0n) is 8.12. The fourth-order valence-corrected chi connectivity index (χ4v) is 1.02. The van der Waals surface area contributed by atoms with Crippen LogP contribution in [0.4, 0.5) is 5.88 Å². The third kappa shape index (κ3) is 3.57. The number of rotatable bonds is 5. The number of aliphatic hydroxyl groups excluding tert-OH is 1. The van der Waals surface area contributed by atoms with E-state index in [4.69, 9.17) is 9.63 Å². The molecule has 14 heavy (non-hydrogen) atoms. The lowest BCUT2D eigenvalue weighted by Crippen LogP contribution is -2.10. The Bertz CT molecular complexity index is 296. The van der Waals surface area contributed by atoms with Crippen LogP contribution in [0.25, 0.3) is 0 Å². The number of carbonyl (C=O) groups excluding carboxylic acids is 1. The molecule has 1 amide bonds. The number of nitrogens with one attached hydrogen (secondary N) is 1. The molecule has 0 spiro atoms. The molecule has 0 saturated carbocycles. The van der Waals surface area contributed by atoms with Gasteiger partial charge in [-0.1, -0.05) is 5.16 Å². The monoisotopic (exact) mass is 198 g/mol. The maximum absolute atomic E-state index is 11.2. The number of anilines is 1. The molecule has 2 N–H and O–H groups in total. The topological polar surface area (TPSA) is 75.4 Å². The van der Waals surface area contributed by atoms with Crippen molar-refractivity contribution in [3.63, 3.8) is 0 Å². The van der Waals surface area contributed by atoms with Gasteiger partial charge in [-0.25, -0.2) is 0 Å². The summed E-state index contributed by atoms with van der Waals surface area (Å²) in [4.78, 5) is 11.2. The van der Waals surface area contributed by atoms with Gasteiger partial charge in [0.05, 0.1) is 5.69 Å². The van der Waals surface area contributed by atoms with E-state index in [1.807, 2.05) is 0 Å². The number of aryl methyl sites for hydroxylation is 1. The lowest BCUT2D eigenvalue weighted by Gasteiger charge is -1.99. The fourth-order valence-electron chi connectivity index (χ4n) is 1.02. The van der Waals surface area contributed by atoms with E-state index >= 15 is 0 Å². The Hall–Kier alpha value is -1.36. The molecule has 78 valence electrons. The average Bonchev–Trinajstić information content (AvgIpc) is 2.52. The van der Waals surface area contributed by atoms with Crippen molar-refractivity contribution in [2.45, 2.75) is 26.2 Å². The highest BCUT2D eigenvalue weighted by Crippen LogP contribution is 2.09. The first-order valence-corrected chi connectivity index (χ1v) is 4.56. The number of unbranched alkanes of at least 4 members (excludes halogenated alkanes) is 1. The van der Waals surface area contributed by atoms with Crippen LogP contribution in [0.15, 0.2) is 10.6 Å². The highest BCUT2D eigenvalue weighted by molar-refractivity contribution is 5.89. The third-order valence-corrected chi connectivity index (χ3v) is 1.70. The van der Waals surface area contributed by atoms with Crippen molar-refractivity contribution in [2.75, 3.05) is 11.9 Å². The molecule has 1 heterocycles. The van der Waals surface area contributed by atoms with E-state index in [1.165, 1.54) is 0 Å². The summed E-state index contributed by atoms with van der Waals surface area (Å²) in [6.45, 7) is 1.90. The van der Waals surface area contributed by atoms with E-state index in [0.29, 0.717) is 25.1 Å². The second-order valence-corrected chi connectivity index (χ2v) is 3.06. The zero-order valence-corrected chi connectivity index (χ0v) is 8.12. The van der Waals surface area contributed by atoms with E-state index in [2.05, 4.69) is 10.5 Å². The van der Waals surface area contributed by atoms with Gasteiger partial charge in [0, 0.05) is 19.1 Å². The molecule has 0 fully saturated rings. The van der Waals surface area contributed by atoms with Gasteiger partial charge >= 0.3 is 0 Å². The van der Waals surface area contributed by atoms with Crippen molar-refractivity contribution in [3.05, 3.63) is 11.8 Å². The fraction of sp³-hybridized carbons (Fsp3) is 0.556. The van der Waals surface area contributed by atoms with Gasteiger partial charge < -0.3 is 9.63 Å². The summed E-state index contributed by atoms with van der Waals surface area (Å²) < 4.78 is 4.81. The molecule has 0 unspecified atom stereocenters. The first-order chi connectivity index (χ1) is 6.72. The van der Waals surface area contributed by atoms with E-state index in [0.717, 1.165) is 5.69 Å². The van der Waals surface area contributed by atoms with E-state index in [9.17, 15) is 4.79 Å². The molecule has 5 heteroatoms. The molecule has 1 aromatic rings. The van der Waals surface area contributed by atoms with Crippen molar-refractivity contribution in [1.29, 1.82) is 0 Å². The van der Waals surface area contributed by atoms with Gasteiger partial charge in [0.15, 0.2) is 0 Å². The van der Waals surface area contributed by atoms with Crippen LogP contribution < -0.4 is 5.32 Å². The molecule has 0 aliphatic heterocycles. The summed E-state index contributed by atoms with van der Waals surface area (Å²) >= 11 is 0. The highest BCUT2D eigenvalue weighted by Gasteiger charge is 2.05. The summed E-state index contributed by atoms with van der Waals surface area (Å²) in [5.41, 5.74) is 0.732. The zero-order chi connectivity index (χ0) is 10.4. The minimum atomic E-state index is -0.116. The average molecular weight is 198 g/mol. The van der Waals surface area contributed by atoms with Crippen LogP contribution in [0.3, 0.4) is 0 Å². The normalized spacial score (nSPS) is 10.1. The number of amides is 1. The quantitative estimate of drug-likeness (QED) is 0.694. The van der Waals surface area contributed by atoms with Gasteiger partial charge in [-0.15, -0.1) is 0 Å². The van der Waals surface area contributed by atoms with Crippen molar-refractivity contribution < 1.29 is 14.4 Å². The second-order valence-electron chi connectivity index (χ2n) is 3.06. The van der Waals surface area contributed by atoms with Gasteiger partial charge in [-0.3, -0.25) is 10.1 Å². The Labute approximate surface area is 82.1 Å². The molecule has 0 aromatic carbocycles. The van der Waals surface area contributed by atoms with Crippen LogP contribution in [-0.2, 0) is 4.79 Å². The van der Waals surface area contributed by atoms with E-state index in [1.54, 1.807) is 13.0 Å². The second kappa shape index (κ2) is 5.39. The predicted molar refractivity (Wildman–Crippen MR) is 50.8 cm³/mol. The molecule has 0 aliphatic carbocycles. The Balaban J connectivity index is 2.27. The Kier molecular flexibility index (Phi) is 4.12. The van der Waals surface area contributed by atoms with Crippen LogP contribution in [0.5, 0.6) is 0 Å². The molecule has 1 aromatic heterocycles. The van der Waals surface area contributed by atoms with Crippen molar-refractivity contribution in [3.8, 4) is 0 Å². The molecule has 0 saturated heterocycles. The van der Waals surface area contributed by atoms with Gasteiger partial charge in [0.2, 0.25) is 11.8 Å². The standard InChI is InChI=1S/C9H14N2O3/c1-7-6-9(14-11-7)10-8(13)4-2-3-5-12/h6,12H,2-5H2,1H3,(H,10,13). The molecule has 0 radical (unpaired) electrons. The Morgan fingerprint density at radius 3 is 3.00 bits per heavy atom. The molecular formula is C9H14N2O3. The van der Waals surface area contributed by atoms with E-state index in [-0.39, 0.29) is 12.5 Å². The van der Waals surface area contributed by atoms with Gasteiger partial charge in [0.25, 0.3) is 0 Å². The number of aromatic nitrogens is 1. The predicted octanol–water partition coefficient (Wildman–Crippen LogP) is 1.08. The van der Waals surface area contributed by atoms with Crippen molar-refractivity contribution in [1.82, 2.24) is 5.16 Å². The molecule has 1 rings (SSSR count). The number of aliphatic hydroxyl groups is 1.